The molecule has 2 aliphatic carbocycles. The number of carbonyl (C=O) groups is 2. The summed E-state index contributed by atoms with van der Waals surface area (Å²) < 4.78 is 54.4. The van der Waals surface area contributed by atoms with Crippen LogP contribution in [0.1, 0.15) is 91.4 Å². The van der Waals surface area contributed by atoms with Gasteiger partial charge in [0.05, 0.1) is 40.7 Å². The molecule has 0 spiro atoms. The van der Waals surface area contributed by atoms with E-state index in [1.54, 1.807) is 72.3 Å². The molecule has 10 N–H and O–H groups in total. The number of rotatable bonds is 18. The Bertz CT molecular complexity index is 3090. The molecule has 3 heterocycles. The largest absolute Gasteiger partial charge is 0.393 e. The number of thiophene rings is 2. The van der Waals surface area contributed by atoms with E-state index in [0.29, 0.717) is 79.8 Å². The van der Waals surface area contributed by atoms with Crippen LogP contribution >= 0.6 is 50.2 Å². The Morgan fingerprint density at radius 3 is 2.04 bits per heavy atom. The Kier molecular flexibility index (Phi) is 17.6. The zero-order chi connectivity index (χ0) is 51.3. The van der Waals surface area contributed by atoms with Crippen LogP contribution in [0, 0.1) is 11.8 Å². The van der Waals surface area contributed by atoms with Crippen LogP contribution < -0.4 is 20.9 Å². The van der Waals surface area contributed by atoms with Crippen molar-refractivity contribution in [2.75, 3.05) is 23.8 Å². The van der Waals surface area contributed by atoms with Crippen LogP contribution in [-0.4, -0.2) is 96.3 Å². The number of aliphatic hydroxyl groups excluding tert-OH is 3. The monoisotopic (exact) mass is 1130 g/mol. The molecule has 18 nitrogen and oxygen atoms in total. The second-order valence-electron chi connectivity index (χ2n) is 17.3. The van der Waals surface area contributed by atoms with Crippen LogP contribution in [0.25, 0.3) is 0 Å². The zero-order valence-electron chi connectivity index (χ0n) is 37.7. The Morgan fingerprint density at radius 2 is 1.39 bits per heavy atom. The van der Waals surface area contributed by atoms with Gasteiger partial charge in [0.25, 0.3) is 0 Å². The number of hydrogen-bond acceptors (Lipinski definition) is 18. The molecule has 0 bridgehead atoms. The molecule has 378 valence electrons. The first-order valence-electron chi connectivity index (χ1n) is 21.9. The van der Waals surface area contributed by atoms with Crippen molar-refractivity contribution in [2.45, 2.75) is 68.6 Å². The van der Waals surface area contributed by atoms with Crippen molar-refractivity contribution in [1.82, 2.24) is 9.97 Å². The van der Waals surface area contributed by atoms with Gasteiger partial charge in [0.1, 0.15) is 23.9 Å². The average molecular weight is 1130 g/mol. The van der Waals surface area contributed by atoms with Crippen LogP contribution in [0.3, 0.4) is 0 Å². The van der Waals surface area contributed by atoms with Crippen molar-refractivity contribution in [1.29, 1.82) is 0 Å². The van der Waals surface area contributed by atoms with Gasteiger partial charge in [-0.05, 0) is 114 Å². The molecule has 6 aromatic rings. The van der Waals surface area contributed by atoms with Gasteiger partial charge in [0.15, 0.2) is 0 Å². The number of benzene rings is 3. The summed E-state index contributed by atoms with van der Waals surface area (Å²) in [7, 11) is -8.19. The predicted octanol–water partition coefficient (Wildman–Crippen LogP) is 6.04. The normalized spacial score (nSPS) is 21.4. The number of nitrogens with zero attached hydrogens (tertiary/aromatic N) is 2. The summed E-state index contributed by atoms with van der Waals surface area (Å²) in [6.07, 6.45) is 1.74. The van der Waals surface area contributed by atoms with Gasteiger partial charge in [0.2, 0.25) is 11.6 Å². The number of hydrogen-bond donors (Lipinski definition) is 8. The molecule has 0 saturated heterocycles. The van der Waals surface area contributed by atoms with E-state index in [0.717, 1.165) is 4.47 Å². The van der Waals surface area contributed by atoms with Crippen LogP contribution in [0.2, 0.25) is 5.02 Å². The highest BCUT2D eigenvalue weighted by molar-refractivity contribution is 9.10. The minimum absolute atomic E-state index is 0.181. The fourth-order valence-electron chi connectivity index (χ4n) is 8.41. The highest BCUT2D eigenvalue weighted by atomic mass is 79.9. The summed E-state index contributed by atoms with van der Waals surface area (Å²) in [5.41, 5.74) is 2.53. The molecule has 0 amide bonds. The topological polar surface area (TPSA) is 304 Å². The highest BCUT2D eigenvalue weighted by Crippen LogP contribution is 2.37. The summed E-state index contributed by atoms with van der Waals surface area (Å²) in [4.78, 5) is 35.7. The maximum atomic E-state index is 13.4. The van der Waals surface area contributed by atoms with Crippen LogP contribution in [0.15, 0.2) is 113 Å². The fourth-order valence-corrected chi connectivity index (χ4v) is 11.6. The third-order valence-electron chi connectivity index (χ3n) is 12.1. The number of nitrogens with one attached hydrogen (secondary N) is 2. The van der Waals surface area contributed by atoms with Gasteiger partial charge < -0.3 is 31.1 Å². The highest BCUT2D eigenvalue weighted by Gasteiger charge is 2.36. The molecular formula is C47H50BrClN6O12S4. The van der Waals surface area contributed by atoms with Crippen molar-refractivity contribution >= 4 is 93.9 Å². The van der Waals surface area contributed by atoms with Gasteiger partial charge in [-0.3, -0.25) is 18.0 Å². The van der Waals surface area contributed by atoms with E-state index in [2.05, 4.69) is 44.9 Å². The van der Waals surface area contributed by atoms with Gasteiger partial charge >= 0.3 is 20.6 Å². The van der Waals surface area contributed by atoms with Crippen molar-refractivity contribution in [2.24, 2.45) is 22.1 Å². The van der Waals surface area contributed by atoms with E-state index in [9.17, 15) is 46.9 Å². The number of aromatic nitrogens is 2. The van der Waals surface area contributed by atoms with E-state index in [1.807, 2.05) is 30.3 Å². The molecule has 8 rings (SSSR count). The second-order valence-corrected chi connectivity index (χ2v) is 22.9. The molecule has 24 heteroatoms. The van der Waals surface area contributed by atoms with E-state index in [1.165, 1.54) is 35.2 Å². The number of halogens is 2. The molecule has 2 aliphatic rings. The summed E-state index contributed by atoms with van der Waals surface area (Å²) in [5.74, 6) is -1.06. The second kappa shape index (κ2) is 23.1. The number of para-hydroxylation sites is 1. The quantitative estimate of drug-likeness (QED) is 0.0455. The average Bonchev–Trinajstić information content (AvgIpc) is 4.15. The zero-order valence-corrected chi connectivity index (χ0v) is 43.3. The minimum atomic E-state index is -4.10. The van der Waals surface area contributed by atoms with Crippen molar-refractivity contribution in [3.05, 3.63) is 161 Å². The van der Waals surface area contributed by atoms with Crippen molar-refractivity contribution in [3.8, 4) is 0 Å². The fraction of sp³-hybridized carbons (Fsp3) is 0.319. The van der Waals surface area contributed by atoms with Crippen molar-refractivity contribution in [3.63, 3.8) is 0 Å². The van der Waals surface area contributed by atoms with Crippen LogP contribution in [0.5, 0.6) is 0 Å². The molecule has 2 saturated carbocycles. The number of anilines is 2. The SMILES string of the molecule is CC(O)(c1cccc(Br)c1)c1csc(C(=O)c2ccccc2N[C@@H]2C[C@H](COS(N)(=O)=O)[C@@H](O)C2)c1.NS(=O)(=O)OC[C@H]1C[C@@H](Nc2ncncc2C(=O)c2cc(C(O)c3cccc(Cl)c3)cs2)C[C@@H]1O. The standard InChI is InChI=1S/C25H27BrN2O6S2.C22H23ClN4O6S2/c1-25(31,16-5-4-6-18(26)10-16)17-11-23(35-14-17)24(30)20-7-2-3-8-21(20)28-19-9-15(22(29)12-19)13-34-36(27,32)33;23-15-3-1-2-12(4-15)20(29)14-6-19(34-10-14)21(30)17-8-25-11-26-22(17)27-16-5-13(18(28)7-16)9-33-35(24,31)32/h2-8,10-11,14-15,19,22,28-29,31H,9,12-13H2,1H3,(H2,27,32,33);1-4,6,8,10-11,13,16,18,20,28-29H,5,7,9H2,(H2,24,31,32)(H,25,26,27)/t15-,19-,22+,25?;13-,16-,18+,20?/m11/s1. The lowest BCUT2D eigenvalue weighted by Gasteiger charge is -2.23. The van der Waals surface area contributed by atoms with Gasteiger partial charge in [-0.2, -0.15) is 16.8 Å². The Hall–Kier alpha value is -4.57. The van der Waals surface area contributed by atoms with Gasteiger partial charge in [-0.25, -0.2) is 20.2 Å². The van der Waals surface area contributed by atoms with Crippen LogP contribution in [-0.2, 0) is 34.6 Å². The van der Waals surface area contributed by atoms with Crippen LogP contribution in [0.4, 0.5) is 11.5 Å². The maximum absolute atomic E-state index is 13.4. The number of aliphatic hydroxyl groups is 4. The summed E-state index contributed by atoms with van der Waals surface area (Å²) >= 11 is 11.9. The number of ketones is 2. The van der Waals surface area contributed by atoms with E-state index in [-0.39, 0.29) is 42.4 Å². The Balaban J connectivity index is 0.000000209. The van der Waals surface area contributed by atoms with Gasteiger partial charge in [0, 0.05) is 50.9 Å². The number of carbonyl (C=O) groups excluding carboxylic acids is 2. The number of nitrogens with two attached hydrogens (primary N) is 2. The lowest BCUT2D eigenvalue weighted by atomic mass is 9.90. The first-order valence-corrected chi connectivity index (χ1v) is 27.7. The summed E-state index contributed by atoms with van der Waals surface area (Å²) in [6.45, 7) is 1.26. The van der Waals surface area contributed by atoms with Crippen molar-refractivity contribution < 1.29 is 55.2 Å². The third-order valence-corrected chi connectivity index (χ3v) is 15.7. The lowest BCUT2D eigenvalue weighted by molar-refractivity contribution is 0.100. The minimum Gasteiger partial charge on any atom is -0.393 e. The molecule has 3 aromatic heterocycles. The molecular weight excluding hydrogens is 1080 g/mol. The molecule has 2 unspecified atom stereocenters. The molecule has 71 heavy (non-hydrogen) atoms. The predicted molar refractivity (Wildman–Crippen MR) is 273 cm³/mol. The lowest BCUT2D eigenvalue weighted by Crippen LogP contribution is -2.24. The summed E-state index contributed by atoms with van der Waals surface area (Å²) in [5, 5.41) is 62.7. The smallest absolute Gasteiger partial charge is 0.333 e. The molecule has 2 fully saturated rings. The molecule has 0 radical (unpaired) electrons. The molecule has 8 atom stereocenters. The summed E-state index contributed by atoms with van der Waals surface area (Å²) in [6, 6.07) is 24.2. The van der Waals surface area contributed by atoms with E-state index >= 15 is 0 Å². The molecule has 3 aromatic carbocycles. The first-order chi connectivity index (χ1) is 33.5. The third kappa shape index (κ3) is 14.4. The Labute approximate surface area is 431 Å². The Morgan fingerprint density at radius 1 is 0.789 bits per heavy atom. The first kappa shape index (κ1) is 54.2. The van der Waals surface area contributed by atoms with Gasteiger partial charge in [-0.15, -0.1) is 22.7 Å². The van der Waals surface area contributed by atoms with E-state index in [4.69, 9.17) is 21.9 Å². The van der Waals surface area contributed by atoms with E-state index < -0.39 is 56.4 Å². The maximum Gasteiger partial charge on any atom is 0.333 e. The molecule has 0 aliphatic heterocycles. The van der Waals surface area contributed by atoms with Gasteiger partial charge in [-0.1, -0.05) is 63.9 Å².